The number of hydrogen-bond acceptors (Lipinski definition) is 4. The van der Waals surface area contributed by atoms with Crippen LogP contribution in [0.2, 0.25) is 0 Å². The summed E-state index contributed by atoms with van der Waals surface area (Å²) in [4.78, 5) is 11.3. The number of nitrogens with one attached hydrogen (secondary N) is 2. The maximum absolute atomic E-state index is 11.3. The predicted octanol–water partition coefficient (Wildman–Crippen LogP) is 0.329. The molecular weight excluding hydrogens is 206 g/mol. The molecule has 6 heteroatoms. The first-order valence-electron chi connectivity index (χ1n) is 5.31. The largest absolute Gasteiger partial charge is 0.394 e. The van der Waals surface area contributed by atoms with E-state index in [1.807, 2.05) is 13.8 Å². The van der Waals surface area contributed by atoms with Gasteiger partial charge in [-0.15, -0.1) is 0 Å². The molecule has 0 aliphatic heterocycles. The molecule has 6 nitrogen and oxygen atoms in total. The highest BCUT2D eigenvalue weighted by Gasteiger charge is 2.05. The van der Waals surface area contributed by atoms with Crippen molar-refractivity contribution in [3.8, 4) is 0 Å². The number of aromatic nitrogens is 2. The van der Waals surface area contributed by atoms with Crippen molar-refractivity contribution in [1.82, 2.24) is 15.1 Å². The molecule has 0 unspecified atom stereocenters. The van der Waals surface area contributed by atoms with Gasteiger partial charge in [0.15, 0.2) is 5.82 Å². The summed E-state index contributed by atoms with van der Waals surface area (Å²) in [5.74, 6) is 0.650. The Morgan fingerprint density at radius 2 is 2.31 bits per heavy atom. The Bertz CT molecular complexity index is 358. The van der Waals surface area contributed by atoms with E-state index in [-0.39, 0.29) is 11.9 Å². The fourth-order valence-electron chi connectivity index (χ4n) is 1.33. The molecule has 16 heavy (non-hydrogen) atoms. The average molecular weight is 225 g/mol. The quantitative estimate of drug-likeness (QED) is 0.674. The second-order valence-electron chi connectivity index (χ2n) is 4.01. The molecule has 0 fully saturated rings. The summed E-state index contributed by atoms with van der Waals surface area (Å²) in [6.07, 6.45) is 2.13. The molecule has 0 bridgehead atoms. The number of rotatable bonds is 5. The van der Waals surface area contributed by atoms with Crippen LogP contribution in [0.5, 0.6) is 0 Å². The van der Waals surface area contributed by atoms with Crippen LogP contribution in [-0.4, -0.2) is 28.3 Å². The van der Waals surface area contributed by atoms with Crippen LogP contribution in [0.3, 0.4) is 0 Å². The van der Waals surface area contributed by atoms with Gasteiger partial charge in [0, 0.05) is 32.3 Å². The molecule has 0 saturated carbocycles. The molecule has 0 aromatic carbocycles. The van der Waals surface area contributed by atoms with Crippen LogP contribution < -0.4 is 16.4 Å². The summed E-state index contributed by atoms with van der Waals surface area (Å²) in [5, 5.41) is 9.95. The van der Waals surface area contributed by atoms with Crippen LogP contribution in [0, 0.1) is 0 Å². The monoisotopic (exact) mass is 225 g/mol. The predicted molar refractivity (Wildman–Crippen MR) is 64.0 cm³/mol. The molecule has 0 aliphatic rings. The number of nitrogen functional groups attached to an aromatic ring is 1. The number of amides is 1. The fraction of sp³-hybridized carbons (Fsp3) is 0.600. The van der Waals surface area contributed by atoms with Crippen LogP contribution in [0.4, 0.5) is 11.5 Å². The van der Waals surface area contributed by atoms with Crippen molar-refractivity contribution < 1.29 is 4.79 Å². The molecule has 1 aromatic heterocycles. The van der Waals surface area contributed by atoms with Gasteiger partial charge in [-0.05, 0) is 13.8 Å². The third-order valence-electron chi connectivity index (χ3n) is 1.95. The normalized spacial score (nSPS) is 10.5. The number of nitrogens with zero attached hydrogens (tertiary/aromatic N) is 2. The van der Waals surface area contributed by atoms with E-state index in [9.17, 15) is 4.79 Å². The van der Waals surface area contributed by atoms with E-state index in [0.29, 0.717) is 24.5 Å². The van der Waals surface area contributed by atoms with E-state index in [2.05, 4.69) is 15.7 Å². The second-order valence-corrected chi connectivity index (χ2v) is 4.01. The topological polar surface area (TPSA) is 85.0 Å². The molecule has 4 N–H and O–H groups in total. The first-order valence-corrected chi connectivity index (χ1v) is 5.31. The molecule has 0 atom stereocenters. The molecule has 1 amide bonds. The van der Waals surface area contributed by atoms with Crippen LogP contribution in [-0.2, 0) is 11.8 Å². The van der Waals surface area contributed by atoms with Gasteiger partial charge >= 0.3 is 0 Å². The fourth-order valence-corrected chi connectivity index (χ4v) is 1.33. The molecular formula is C10H19N5O. The maximum atomic E-state index is 11.3. The third-order valence-corrected chi connectivity index (χ3v) is 1.95. The van der Waals surface area contributed by atoms with Crippen LogP contribution in [0.1, 0.15) is 20.3 Å². The van der Waals surface area contributed by atoms with Gasteiger partial charge < -0.3 is 16.4 Å². The number of anilines is 2. The Morgan fingerprint density at radius 1 is 1.62 bits per heavy atom. The number of nitrogens with two attached hydrogens (primary N) is 1. The van der Waals surface area contributed by atoms with E-state index in [1.165, 1.54) is 0 Å². The highest BCUT2D eigenvalue weighted by Crippen LogP contribution is 2.13. The van der Waals surface area contributed by atoms with Crippen molar-refractivity contribution in [3.63, 3.8) is 0 Å². The Labute approximate surface area is 95.2 Å². The molecule has 0 aliphatic carbocycles. The number of carbonyl (C=O) groups is 1. The Morgan fingerprint density at radius 3 is 2.81 bits per heavy atom. The van der Waals surface area contributed by atoms with Crippen molar-refractivity contribution in [3.05, 3.63) is 6.20 Å². The van der Waals surface area contributed by atoms with Gasteiger partial charge in [0.1, 0.15) is 0 Å². The molecule has 0 saturated heterocycles. The smallest absolute Gasteiger partial charge is 0.221 e. The third kappa shape index (κ3) is 3.80. The lowest BCUT2D eigenvalue weighted by atomic mass is 10.3. The van der Waals surface area contributed by atoms with Crippen LogP contribution >= 0.6 is 0 Å². The van der Waals surface area contributed by atoms with Crippen LogP contribution in [0.25, 0.3) is 0 Å². The highest BCUT2D eigenvalue weighted by molar-refractivity contribution is 5.76. The molecule has 1 aromatic rings. The summed E-state index contributed by atoms with van der Waals surface area (Å²) in [7, 11) is 1.80. The highest BCUT2D eigenvalue weighted by atomic mass is 16.1. The van der Waals surface area contributed by atoms with E-state index in [1.54, 1.807) is 17.9 Å². The van der Waals surface area contributed by atoms with Gasteiger partial charge in [-0.25, -0.2) is 0 Å². The zero-order valence-electron chi connectivity index (χ0n) is 9.95. The van der Waals surface area contributed by atoms with E-state index in [0.717, 1.165) is 0 Å². The minimum atomic E-state index is 0.0250. The summed E-state index contributed by atoms with van der Waals surface area (Å²) in [6, 6.07) is 0.174. The van der Waals surface area contributed by atoms with Crippen molar-refractivity contribution >= 4 is 17.4 Å². The summed E-state index contributed by atoms with van der Waals surface area (Å²) >= 11 is 0. The molecule has 0 radical (unpaired) electrons. The van der Waals surface area contributed by atoms with E-state index in [4.69, 9.17) is 5.73 Å². The molecule has 90 valence electrons. The Kier molecular flexibility index (Phi) is 4.16. The number of aryl methyl sites for hydroxylation is 1. The minimum absolute atomic E-state index is 0.0250. The lowest BCUT2D eigenvalue weighted by Crippen LogP contribution is -2.31. The zero-order chi connectivity index (χ0) is 12.1. The average Bonchev–Trinajstić information content (AvgIpc) is 2.44. The van der Waals surface area contributed by atoms with Crippen molar-refractivity contribution in [2.24, 2.45) is 7.05 Å². The number of hydrogen-bond donors (Lipinski definition) is 3. The van der Waals surface area contributed by atoms with E-state index < -0.39 is 0 Å². The lowest BCUT2D eigenvalue weighted by Gasteiger charge is -2.08. The Balaban J connectivity index is 2.30. The first kappa shape index (κ1) is 12.4. The zero-order valence-corrected chi connectivity index (χ0v) is 9.95. The van der Waals surface area contributed by atoms with E-state index >= 15 is 0 Å². The van der Waals surface area contributed by atoms with Crippen molar-refractivity contribution in [2.45, 2.75) is 26.3 Å². The van der Waals surface area contributed by atoms with Gasteiger partial charge in [0.25, 0.3) is 0 Å². The SMILES string of the molecule is CC(C)NC(=O)CCNc1nn(C)cc1N. The molecule has 1 rings (SSSR count). The maximum Gasteiger partial charge on any atom is 0.221 e. The van der Waals surface area contributed by atoms with Gasteiger partial charge in [-0.1, -0.05) is 0 Å². The van der Waals surface area contributed by atoms with Crippen molar-refractivity contribution in [2.75, 3.05) is 17.6 Å². The Hall–Kier alpha value is -1.72. The summed E-state index contributed by atoms with van der Waals surface area (Å²) < 4.78 is 1.63. The second kappa shape index (κ2) is 5.39. The molecule has 0 spiro atoms. The summed E-state index contributed by atoms with van der Waals surface area (Å²) in [6.45, 7) is 4.39. The van der Waals surface area contributed by atoms with Gasteiger partial charge in [0.05, 0.1) is 5.69 Å². The van der Waals surface area contributed by atoms with Gasteiger partial charge in [-0.2, -0.15) is 5.10 Å². The first-order chi connectivity index (χ1) is 7.49. The molecule has 1 heterocycles. The standard InChI is InChI=1S/C10H19N5O/c1-7(2)13-9(16)4-5-12-10-8(11)6-15(3)14-10/h6-7H,4-5,11H2,1-3H3,(H,12,14)(H,13,16). The van der Waals surface area contributed by atoms with Crippen molar-refractivity contribution in [1.29, 1.82) is 0 Å². The minimum Gasteiger partial charge on any atom is -0.394 e. The number of carbonyl (C=O) groups excluding carboxylic acids is 1. The lowest BCUT2D eigenvalue weighted by molar-refractivity contribution is -0.121. The van der Waals surface area contributed by atoms with Gasteiger partial charge in [0.2, 0.25) is 5.91 Å². The van der Waals surface area contributed by atoms with Crippen LogP contribution in [0.15, 0.2) is 6.20 Å². The summed E-state index contributed by atoms with van der Waals surface area (Å²) in [5.41, 5.74) is 6.28. The van der Waals surface area contributed by atoms with Gasteiger partial charge in [-0.3, -0.25) is 9.48 Å².